The third kappa shape index (κ3) is 3.78. The van der Waals surface area contributed by atoms with Gasteiger partial charge >= 0.3 is 0 Å². The second kappa shape index (κ2) is 6.47. The molecule has 1 amide bonds. The molecule has 2 N–H and O–H groups in total. The van der Waals surface area contributed by atoms with Crippen LogP contribution in [0.2, 0.25) is 0 Å². The Labute approximate surface area is 107 Å². The number of rotatable bonds is 5. The summed E-state index contributed by atoms with van der Waals surface area (Å²) >= 11 is 0. The molecule has 0 spiro atoms. The van der Waals surface area contributed by atoms with E-state index in [-0.39, 0.29) is 12.0 Å². The molecule has 5 heteroatoms. The summed E-state index contributed by atoms with van der Waals surface area (Å²) in [6.07, 6.45) is 4.17. The van der Waals surface area contributed by atoms with Crippen LogP contribution in [0.15, 0.2) is 18.3 Å². The molecule has 2 rings (SSSR count). The minimum atomic E-state index is -0.0518. The highest BCUT2D eigenvalue weighted by molar-refractivity contribution is 5.92. The molecule has 0 radical (unpaired) electrons. The molecule has 18 heavy (non-hydrogen) atoms. The van der Waals surface area contributed by atoms with Crippen molar-refractivity contribution in [1.82, 2.24) is 10.3 Å². The molecule has 0 aromatic carbocycles. The van der Waals surface area contributed by atoms with Gasteiger partial charge in [-0.25, -0.2) is 0 Å². The molecule has 1 aliphatic rings. The molecule has 2 heterocycles. The smallest absolute Gasteiger partial charge is 0.238 e. The maximum absolute atomic E-state index is 11.7. The molecule has 0 bridgehead atoms. The molecule has 1 fully saturated rings. The van der Waals surface area contributed by atoms with Crippen molar-refractivity contribution >= 4 is 11.6 Å². The first-order valence-corrected chi connectivity index (χ1v) is 6.29. The van der Waals surface area contributed by atoms with Crippen molar-refractivity contribution in [3.05, 3.63) is 24.0 Å². The van der Waals surface area contributed by atoms with Crippen molar-refractivity contribution in [2.24, 2.45) is 0 Å². The first-order chi connectivity index (χ1) is 8.75. The summed E-state index contributed by atoms with van der Waals surface area (Å²) in [5.41, 5.74) is 1.59. The molecular weight excluding hydrogens is 230 g/mol. The largest absolute Gasteiger partial charge is 0.377 e. The number of aromatic nitrogens is 1. The maximum atomic E-state index is 11.7. The van der Waals surface area contributed by atoms with E-state index in [0.29, 0.717) is 6.54 Å². The molecular formula is C13H19N3O2. The Hall–Kier alpha value is -1.46. The molecule has 1 saturated heterocycles. The summed E-state index contributed by atoms with van der Waals surface area (Å²) in [5.74, 6) is -0.0518. The Kier molecular flexibility index (Phi) is 4.66. The molecule has 0 aliphatic carbocycles. The van der Waals surface area contributed by atoms with Gasteiger partial charge in [-0.15, -0.1) is 0 Å². The molecule has 0 saturated carbocycles. The summed E-state index contributed by atoms with van der Waals surface area (Å²) in [7, 11) is 0. The summed E-state index contributed by atoms with van der Waals surface area (Å²) in [5, 5.41) is 5.94. The molecule has 98 valence electrons. The van der Waals surface area contributed by atoms with Crippen LogP contribution in [0.25, 0.3) is 0 Å². The molecule has 1 aromatic rings. The Bertz CT molecular complexity index is 403. The van der Waals surface area contributed by atoms with Gasteiger partial charge in [0, 0.05) is 19.3 Å². The van der Waals surface area contributed by atoms with Crippen molar-refractivity contribution in [2.45, 2.75) is 25.9 Å². The highest BCUT2D eigenvalue weighted by Crippen LogP contribution is 2.11. The fourth-order valence-corrected chi connectivity index (χ4v) is 1.96. The molecule has 1 aliphatic heterocycles. The van der Waals surface area contributed by atoms with Gasteiger partial charge in [-0.1, -0.05) is 0 Å². The van der Waals surface area contributed by atoms with Gasteiger partial charge in [0.2, 0.25) is 5.91 Å². The van der Waals surface area contributed by atoms with Gasteiger partial charge in [0.15, 0.2) is 0 Å². The lowest BCUT2D eigenvalue weighted by Crippen LogP contribution is -2.33. The van der Waals surface area contributed by atoms with Crippen molar-refractivity contribution in [3.8, 4) is 0 Å². The van der Waals surface area contributed by atoms with E-state index in [1.54, 1.807) is 6.20 Å². The first kappa shape index (κ1) is 13.0. The molecule has 0 unspecified atom stereocenters. The van der Waals surface area contributed by atoms with Crippen LogP contribution >= 0.6 is 0 Å². The minimum Gasteiger partial charge on any atom is -0.377 e. The summed E-state index contributed by atoms with van der Waals surface area (Å²) < 4.78 is 5.47. The topological polar surface area (TPSA) is 63.2 Å². The normalized spacial score (nSPS) is 18.8. The maximum Gasteiger partial charge on any atom is 0.238 e. The van der Waals surface area contributed by atoms with Crippen molar-refractivity contribution in [1.29, 1.82) is 0 Å². The van der Waals surface area contributed by atoms with Crippen molar-refractivity contribution < 1.29 is 9.53 Å². The summed E-state index contributed by atoms with van der Waals surface area (Å²) in [4.78, 5) is 15.8. The molecule has 1 atom stereocenters. The number of anilines is 1. The van der Waals surface area contributed by atoms with E-state index in [0.717, 1.165) is 37.4 Å². The van der Waals surface area contributed by atoms with Crippen LogP contribution in [-0.4, -0.2) is 36.7 Å². The average Bonchev–Trinajstić information content (AvgIpc) is 2.85. The van der Waals surface area contributed by atoms with E-state index in [9.17, 15) is 4.79 Å². The number of carbonyl (C=O) groups excluding carboxylic acids is 1. The summed E-state index contributed by atoms with van der Waals surface area (Å²) in [6, 6.07) is 3.66. The number of nitrogens with zero attached hydrogens (tertiary/aromatic N) is 1. The van der Waals surface area contributed by atoms with Gasteiger partial charge in [0.05, 0.1) is 24.0 Å². The third-order valence-electron chi connectivity index (χ3n) is 2.96. The van der Waals surface area contributed by atoms with E-state index < -0.39 is 0 Å². The standard InChI is InChI=1S/C13H19N3O2/c1-10-12(5-2-6-15-10)16-13(17)9-14-8-11-4-3-7-18-11/h2,5-6,11,14H,3-4,7-9H2,1H3,(H,16,17)/t11-/m1/s1. The fourth-order valence-electron chi connectivity index (χ4n) is 1.96. The van der Waals surface area contributed by atoms with Gasteiger partial charge in [-0.2, -0.15) is 0 Å². The third-order valence-corrected chi connectivity index (χ3v) is 2.96. The monoisotopic (exact) mass is 249 g/mol. The Balaban J connectivity index is 1.70. The van der Waals surface area contributed by atoms with Crippen molar-refractivity contribution in [3.63, 3.8) is 0 Å². The van der Waals surface area contributed by atoms with Gasteiger partial charge in [-0.3, -0.25) is 9.78 Å². The van der Waals surface area contributed by atoms with Crippen LogP contribution in [0.3, 0.4) is 0 Å². The lowest BCUT2D eigenvalue weighted by Gasteiger charge is -2.11. The van der Waals surface area contributed by atoms with Crippen LogP contribution in [0.5, 0.6) is 0 Å². The Morgan fingerprint density at radius 1 is 1.61 bits per heavy atom. The number of nitrogens with one attached hydrogen (secondary N) is 2. The van der Waals surface area contributed by atoms with E-state index in [4.69, 9.17) is 4.74 Å². The Morgan fingerprint density at radius 3 is 3.22 bits per heavy atom. The van der Waals surface area contributed by atoms with Crippen LogP contribution < -0.4 is 10.6 Å². The number of amides is 1. The number of ether oxygens (including phenoxy) is 1. The van der Waals surface area contributed by atoms with Crippen LogP contribution in [0.1, 0.15) is 18.5 Å². The predicted octanol–water partition coefficient (Wildman–Crippen LogP) is 1.10. The highest BCUT2D eigenvalue weighted by atomic mass is 16.5. The van der Waals surface area contributed by atoms with Crippen LogP contribution in [-0.2, 0) is 9.53 Å². The van der Waals surface area contributed by atoms with Gasteiger partial charge in [0.25, 0.3) is 0 Å². The van der Waals surface area contributed by atoms with E-state index >= 15 is 0 Å². The zero-order valence-electron chi connectivity index (χ0n) is 10.6. The SMILES string of the molecule is Cc1ncccc1NC(=O)CNC[C@H]1CCCO1. The number of hydrogen-bond acceptors (Lipinski definition) is 4. The first-order valence-electron chi connectivity index (χ1n) is 6.29. The second-order valence-corrected chi connectivity index (χ2v) is 4.45. The second-order valence-electron chi connectivity index (χ2n) is 4.45. The van der Waals surface area contributed by atoms with Gasteiger partial charge < -0.3 is 15.4 Å². The molecule has 5 nitrogen and oxygen atoms in total. The van der Waals surface area contributed by atoms with Crippen LogP contribution in [0.4, 0.5) is 5.69 Å². The fraction of sp³-hybridized carbons (Fsp3) is 0.538. The number of carbonyl (C=O) groups is 1. The average molecular weight is 249 g/mol. The zero-order chi connectivity index (χ0) is 12.8. The molecule has 1 aromatic heterocycles. The Morgan fingerprint density at radius 2 is 2.50 bits per heavy atom. The minimum absolute atomic E-state index is 0.0518. The highest BCUT2D eigenvalue weighted by Gasteiger charge is 2.15. The zero-order valence-corrected chi connectivity index (χ0v) is 10.6. The lowest BCUT2D eigenvalue weighted by atomic mass is 10.2. The quantitative estimate of drug-likeness (QED) is 0.820. The summed E-state index contributed by atoms with van der Waals surface area (Å²) in [6.45, 7) is 3.75. The number of pyridine rings is 1. The van der Waals surface area contributed by atoms with E-state index in [1.165, 1.54) is 0 Å². The van der Waals surface area contributed by atoms with Crippen LogP contribution in [0, 0.1) is 6.92 Å². The number of hydrogen-bond donors (Lipinski definition) is 2. The predicted molar refractivity (Wildman–Crippen MR) is 69.4 cm³/mol. The van der Waals surface area contributed by atoms with Gasteiger partial charge in [-0.05, 0) is 31.9 Å². The lowest BCUT2D eigenvalue weighted by molar-refractivity contribution is -0.115. The van der Waals surface area contributed by atoms with Crippen molar-refractivity contribution in [2.75, 3.05) is 25.0 Å². The number of aryl methyl sites for hydroxylation is 1. The van der Waals surface area contributed by atoms with E-state index in [1.807, 2.05) is 19.1 Å². The van der Waals surface area contributed by atoms with Gasteiger partial charge in [0.1, 0.15) is 0 Å². The van der Waals surface area contributed by atoms with E-state index in [2.05, 4.69) is 15.6 Å².